The standard InChI is InChI=1S/C21H16FN3O2/c22-16-10-8-14(9-11-16)13-23-21(26)24-17-5-3-4-15(12-17)20-25-18-6-1-2-7-19(18)27-20/h1-12H,13H2,(H2,23,24,26). The summed E-state index contributed by atoms with van der Waals surface area (Å²) in [5.41, 5.74) is 3.69. The third-order valence-electron chi connectivity index (χ3n) is 4.03. The summed E-state index contributed by atoms with van der Waals surface area (Å²) in [7, 11) is 0. The lowest BCUT2D eigenvalue weighted by Gasteiger charge is -2.08. The third-order valence-corrected chi connectivity index (χ3v) is 4.03. The molecule has 0 atom stereocenters. The quantitative estimate of drug-likeness (QED) is 0.540. The normalized spacial score (nSPS) is 10.7. The van der Waals surface area contributed by atoms with Crippen LogP contribution in [-0.2, 0) is 6.54 Å². The number of amides is 2. The molecule has 0 aliphatic rings. The van der Waals surface area contributed by atoms with Gasteiger partial charge in [0.15, 0.2) is 5.58 Å². The summed E-state index contributed by atoms with van der Waals surface area (Å²) in [4.78, 5) is 16.6. The molecule has 2 amide bonds. The number of fused-ring (bicyclic) bond motifs is 1. The summed E-state index contributed by atoms with van der Waals surface area (Å²) in [5, 5.41) is 5.51. The molecule has 0 radical (unpaired) electrons. The van der Waals surface area contributed by atoms with Gasteiger partial charge in [-0.2, -0.15) is 0 Å². The largest absolute Gasteiger partial charge is 0.436 e. The van der Waals surface area contributed by atoms with Gasteiger partial charge in [0.25, 0.3) is 0 Å². The molecule has 3 aromatic carbocycles. The number of anilines is 1. The van der Waals surface area contributed by atoms with E-state index in [-0.39, 0.29) is 11.8 Å². The van der Waals surface area contributed by atoms with Crippen LogP contribution < -0.4 is 10.6 Å². The van der Waals surface area contributed by atoms with Gasteiger partial charge < -0.3 is 15.1 Å². The van der Waals surface area contributed by atoms with E-state index in [0.717, 1.165) is 16.6 Å². The smallest absolute Gasteiger partial charge is 0.319 e. The highest BCUT2D eigenvalue weighted by Crippen LogP contribution is 2.26. The maximum atomic E-state index is 12.9. The lowest BCUT2D eigenvalue weighted by atomic mass is 10.2. The Kier molecular flexibility index (Phi) is 4.53. The number of carbonyl (C=O) groups is 1. The molecular formula is C21H16FN3O2. The van der Waals surface area contributed by atoms with Crippen LogP contribution in [-0.4, -0.2) is 11.0 Å². The van der Waals surface area contributed by atoms with Gasteiger partial charge in [-0.1, -0.05) is 30.3 Å². The summed E-state index contributed by atoms with van der Waals surface area (Å²) < 4.78 is 18.7. The summed E-state index contributed by atoms with van der Waals surface area (Å²) in [5.74, 6) is 0.186. The van der Waals surface area contributed by atoms with Crippen LogP contribution in [0, 0.1) is 5.82 Å². The van der Waals surface area contributed by atoms with E-state index in [9.17, 15) is 9.18 Å². The fourth-order valence-corrected chi connectivity index (χ4v) is 2.69. The summed E-state index contributed by atoms with van der Waals surface area (Å²) >= 11 is 0. The van der Waals surface area contributed by atoms with E-state index in [1.165, 1.54) is 12.1 Å². The molecule has 4 rings (SSSR count). The second kappa shape index (κ2) is 7.29. The van der Waals surface area contributed by atoms with Gasteiger partial charge in [0, 0.05) is 17.8 Å². The number of urea groups is 1. The summed E-state index contributed by atoms with van der Waals surface area (Å²) in [6.07, 6.45) is 0. The van der Waals surface area contributed by atoms with Crippen LogP contribution in [0.5, 0.6) is 0 Å². The Hall–Kier alpha value is -3.67. The van der Waals surface area contributed by atoms with Gasteiger partial charge in [-0.15, -0.1) is 0 Å². The monoisotopic (exact) mass is 361 g/mol. The minimum atomic E-state index is -0.353. The summed E-state index contributed by atoms with van der Waals surface area (Å²) in [6, 6.07) is 20.4. The third kappa shape index (κ3) is 3.95. The van der Waals surface area contributed by atoms with Crippen molar-refractivity contribution in [3.05, 3.63) is 84.2 Å². The highest BCUT2D eigenvalue weighted by atomic mass is 19.1. The molecule has 0 saturated carbocycles. The molecule has 27 heavy (non-hydrogen) atoms. The zero-order valence-corrected chi connectivity index (χ0v) is 14.3. The Balaban J connectivity index is 1.44. The molecule has 0 saturated heterocycles. The molecule has 5 nitrogen and oxygen atoms in total. The van der Waals surface area contributed by atoms with Gasteiger partial charge in [0.05, 0.1) is 0 Å². The SMILES string of the molecule is O=C(NCc1ccc(F)cc1)Nc1cccc(-c2nc3ccccc3o2)c1. The van der Waals surface area contributed by atoms with Crippen molar-refractivity contribution in [1.82, 2.24) is 10.3 Å². The number of rotatable bonds is 4. The highest BCUT2D eigenvalue weighted by Gasteiger charge is 2.09. The molecule has 6 heteroatoms. The fourth-order valence-electron chi connectivity index (χ4n) is 2.69. The molecule has 0 unspecified atom stereocenters. The molecule has 1 aromatic heterocycles. The van der Waals surface area contributed by atoms with Crippen molar-refractivity contribution in [2.75, 3.05) is 5.32 Å². The first kappa shape index (κ1) is 16.8. The first-order valence-electron chi connectivity index (χ1n) is 8.43. The Morgan fingerprint density at radius 3 is 2.63 bits per heavy atom. The number of nitrogens with one attached hydrogen (secondary N) is 2. The van der Waals surface area contributed by atoms with Crippen molar-refractivity contribution in [3.8, 4) is 11.5 Å². The van der Waals surface area contributed by atoms with Crippen LogP contribution in [0.3, 0.4) is 0 Å². The number of nitrogens with zero attached hydrogens (tertiary/aromatic N) is 1. The Morgan fingerprint density at radius 1 is 1.00 bits per heavy atom. The number of hydrogen-bond donors (Lipinski definition) is 2. The van der Waals surface area contributed by atoms with Gasteiger partial charge in [0.1, 0.15) is 11.3 Å². The number of benzene rings is 3. The zero-order chi connectivity index (χ0) is 18.6. The minimum Gasteiger partial charge on any atom is -0.436 e. The van der Waals surface area contributed by atoms with Gasteiger partial charge in [-0.3, -0.25) is 0 Å². The fraction of sp³-hybridized carbons (Fsp3) is 0.0476. The van der Waals surface area contributed by atoms with Crippen LogP contribution in [0.15, 0.2) is 77.2 Å². The molecule has 0 aliphatic carbocycles. The van der Waals surface area contributed by atoms with Gasteiger partial charge in [0.2, 0.25) is 5.89 Å². The molecule has 1 heterocycles. The van der Waals surface area contributed by atoms with Crippen LogP contribution in [0.25, 0.3) is 22.6 Å². The van der Waals surface area contributed by atoms with Crippen LogP contribution >= 0.6 is 0 Å². The van der Waals surface area contributed by atoms with Crippen LogP contribution in [0.2, 0.25) is 0 Å². The molecule has 2 N–H and O–H groups in total. The van der Waals surface area contributed by atoms with Crippen molar-refractivity contribution >= 4 is 22.8 Å². The minimum absolute atomic E-state index is 0.303. The molecular weight excluding hydrogens is 345 g/mol. The molecule has 0 fully saturated rings. The van der Waals surface area contributed by atoms with Crippen molar-refractivity contribution < 1.29 is 13.6 Å². The predicted molar refractivity (Wildman–Crippen MR) is 102 cm³/mol. The molecule has 0 aliphatic heterocycles. The maximum absolute atomic E-state index is 12.9. The number of oxazole rings is 1. The second-order valence-corrected chi connectivity index (χ2v) is 6.00. The van der Waals surface area contributed by atoms with Gasteiger partial charge in [-0.25, -0.2) is 14.2 Å². The van der Waals surface area contributed by atoms with Crippen molar-refractivity contribution in [2.45, 2.75) is 6.54 Å². The molecule has 134 valence electrons. The summed E-state index contributed by atoms with van der Waals surface area (Å²) in [6.45, 7) is 0.303. The Bertz CT molecular complexity index is 1060. The predicted octanol–water partition coefficient (Wildman–Crippen LogP) is 4.96. The van der Waals surface area contributed by atoms with E-state index < -0.39 is 0 Å². The maximum Gasteiger partial charge on any atom is 0.319 e. The zero-order valence-electron chi connectivity index (χ0n) is 14.3. The average molecular weight is 361 g/mol. The van der Waals surface area contributed by atoms with E-state index in [1.807, 2.05) is 36.4 Å². The van der Waals surface area contributed by atoms with E-state index in [4.69, 9.17) is 4.42 Å². The average Bonchev–Trinajstić information content (AvgIpc) is 3.12. The van der Waals surface area contributed by atoms with Crippen molar-refractivity contribution in [1.29, 1.82) is 0 Å². The lowest BCUT2D eigenvalue weighted by Crippen LogP contribution is -2.28. The number of para-hydroxylation sites is 2. The number of halogens is 1. The number of carbonyl (C=O) groups excluding carboxylic acids is 1. The van der Waals surface area contributed by atoms with Crippen LogP contribution in [0.1, 0.15) is 5.56 Å². The number of hydrogen-bond acceptors (Lipinski definition) is 3. The van der Waals surface area contributed by atoms with Crippen LogP contribution in [0.4, 0.5) is 14.9 Å². The molecule has 0 bridgehead atoms. The van der Waals surface area contributed by atoms with Crippen molar-refractivity contribution in [2.24, 2.45) is 0 Å². The highest BCUT2D eigenvalue weighted by molar-refractivity contribution is 5.90. The van der Waals surface area contributed by atoms with E-state index in [1.54, 1.807) is 24.3 Å². The first-order chi connectivity index (χ1) is 13.2. The first-order valence-corrected chi connectivity index (χ1v) is 8.43. The van der Waals surface area contributed by atoms with Crippen molar-refractivity contribution in [3.63, 3.8) is 0 Å². The molecule has 4 aromatic rings. The van der Waals surface area contributed by atoms with Gasteiger partial charge in [-0.05, 0) is 48.0 Å². The Labute approximate surface area is 154 Å². The van der Waals surface area contributed by atoms with E-state index >= 15 is 0 Å². The van der Waals surface area contributed by atoms with E-state index in [2.05, 4.69) is 15.6 Å². The molecule has 0 spiro atoms. The lowest BCUT2D eigenvalue weighted by molar-refractivity contribution is 0.251. The topological polar surface area (TPSA) is 67.2 Å². The van der Waals surface area contributed by atoms with E-state index in [0.29, 0.717) is 23.7 Å². The second-order valence-electron chi connectivity index (χ2n) is 6.00. The number of aromatic nitrogens is 1. The Morgan fingerprint density at radius 2 is 1.81 bits per heavy atom. The van der Waals surface area contributed by atoms with Gasteiger partial charge >= 0.3 is 6.03 Å².